The lowest BCUT2D eigenvalue weighted by atomic mass is 9.86. The second-order valence-electron chi connectivity index (χ2n) is 6.56. The van der Waals surface area contributed by atoms with E-state index in [2.05, 4.69) is 15.6 Å². The number of rotatable bonds is 5. The Labute approximate surface area is 153 Å². The number of amides is 2. The third-order valence-corrected chi connectivity index (χ3v) is 4.65. The van der Waals surface area contributed by atoms with Crippen LogP contribution in [0.1, 0.15) is 31.2 Å². The highest BCUT2D eigenvalue weighted by molar-refractivity contribution is 6.01. The van der Waals surface area contributed by atoms with Crippen molar-refractivity contribution in [2.75, 3.05) is 12.4 Å². The van der Waals surface area contributed by atoms with Crippen molar-refractivity contribution >= 4 is 17.5 Å². The number of carbonyl (C=O) groups excluding carboxylic acids is 2. The van der Waals surface area contributed by atoms with Gasteiger partial charge in [-0.2, -0.15) is 0 Å². The van der Waals surface area contributed by atoms with Gasteiger partial charge >= 0.3 is 0 Å². The fourth-order valence-corrected chi connectivity index (χ4v) is 3.26. The minimum Gasteiger partial charge on any atom is -0.497 e. The molecule has 2 N–H and O–H groups in total. The Hall–Kier alpha value is -2.89. The van der Waals surface area contributed by atoms with Crippen LogP contribution < -0.4 is 15.4 Å². The summed E-state index contributed by atoms with van der Waals surface area (Å²) in [6, 6.07) is 10.9. The molecule has 0 radical (unpaired) electrons. The number of ether oxygens (including phenoxy) is 1. The first-order valence-electron chi connectivity index (χ1n) is 8.77. The Morgan fingerprint density at radius 1 is 1.27 bits per heavy atom. The molecular weight excluding hydrogens is 330 g/mol. The zero-order valence-corrected chi connectivity index (χ0v) is 14.8. The fourth-order valence-electron chi connectivity index (χ4n) is 3.26. The second kappa shape index (κ2) is 7.99. The second-order valence-corrected chi connectivity index (χ2v) is 6.56. The molecule has 3 rings (SSSR count). The van der Waals surface area contributed by atoms with Gasteiger partial charge in [0.25, 0.3) is 0 Å². The van der Waals surface area contributed by atoms with Gasteiger partial charge in [-0.1, -0.05) is 12.5 Å². The van der Waals surface area contributed by atoms with Crippen molar-refractivity contribution in [3.8, 4) is 5.75 Å². The number of anilines is 1. The van der Waals surface area contributed by atoms with Crippen LogP contribution in [0.25, 0.3) is 0 Å². The third-order valence-electron chi connectivity index (χ3n) is 4.65. The molecule has 0 bridgehead atoms. The largest absolute Gasteiger partial charge is 0.497 e. The number of nitrogens with one attached hydrogen (secondary N) is 2. The number of carbonyl (C=O) groups is 2. The van der Waals surface area contributed by atoms with Crippen molar-refractivity contribution in [2.24, 2.45) is 0 Å². The molecule has 1 aliphatic heterocycles. The van der Waals surface area contributed by atoms with Crippen molar-refractivity contribution in [1.82, 2.24) is 10.3 Å². The number of pyridine rings is 1. The highest BCUT2D eigenvalue weighted by Crippen LogP contribution is 2.26. The Bertz CT molecular complexity index is 762. The van der Waals surface area contributed by atoms with Crippen LogP contribution in [0, 0.1) is 0 Å². The van der Waals surface area contributed by atoms with E-state index in [0.29, 0.717) is 24.9 Å². The van der Waals surface area contributed by atoms with Crippen molar-refractivity contribution in [2.45, 2.75) is 37.6 Å². The summed E-state index contributed by atoms with van der Waals surface area (Å²) in [5.74, 6) is 0.425. The van der Waals surface area contributed by atoms with E-state index in [0.717, 1.165) is 24.2 Å². The zero-order chi connectivity index (χ0) is 18.4. The number of hydrogen-bond acceptors (Lipinski definition) is 4. The molecule has 1 unspecified atom stereocenters. The van der Waals surface area contributed by atoms with Crippen LogP contribution in [0.3, 0.4) is 0 Å². The van der Waals surface area contributed by atoms with E-state index in [4.69, 9.17) is 4.74 Å². The van der Waals surface area contributed by atoms with Gasteiger partial charge in [-0.25, -0.2) is 0 Å². The molecule has 1 atom stereocenters. The predicted molar refractivity (Wildman–Crippen MR) is 98.9 cm³/mol. The van der Waals surface area contributed by atoms with E-state index >= 15 is 0 Å². The Morgan fingerprint density at radius 3 is 2.77 bits per heavy atom. The van der Waals surface area contributed by atoms with Gasteiger partial charge < -0.3 is 15.4 Å². The molecule has 0 aliphatic carbocycles. The monoisotopic (exact) mass is 353 g/mol. The standard InChI is InChI=1S/C20H23N3O3/c1-26-17-9-7-16(8-10-17)22-19(25)20(11-3-2-6-18(24)23-20)13-15-5-4-12-21-14-15/h4-5,7-10,12,14H,2-3,6,11,13H2,1H3,(H,22,25)(H,23,24). The number of nitrogens with zero attached hydrogens (tertiary/aromatic N) is 1. The molecule has 2 aromatic rings. The van der Waals surface area contributed by atoms with Crippen LogP contribution in [0.4, 0.5) is 5.69 Å². The van der Waals surface area contributed by atoms with Crippen LogP contribution in [-0.4, -0.2) is 29.4 Å². The minimum atomic E-state index is -0.976. The summed E-state index contributed by atoms with van der Waals surface area (Å²) < 4.78 is 5.14. The van der Waals surface area contributed by atoms with Gasteiger partial charge in [-0.05, 0) is 48.7 Å². The molecule has 1 aromatic heterocycles. The first-order chi connectivity index (χ1) is 12.6. The summed E-state index contributed by atoms with van der Waals surface area (Å²) in [5, 5.41) is 5.92. The highest BCUT2D eigenvalue weighted by atomic mass is 16.5. The van der Waals surface area contributed by atoms with E-state index in [-0.39, 0.29) is 11.8 Å². The summed E-state index contributed by atoms with van der Waals surface area (Å²) in [5.41, 5.74) is 0.607. The maximum atomic E-state index is 13.2. The molecule has 6 heteroatoms. The number of aromatic nitrogens is 1. The van der Waals surface area contributed by atoms with Gasteiger partial charge in [-0.15, -0.1) is 0 Å². The Balaban J connectivity index is 1.85. The Kier molecular flexibility index (Phi) is 5.51. The molecule has 26 heavy (non-hydrogen) atoms. The molecule has 1 saturated heterocycles. The quantitative estimate of drug-likeness (QED) is 0.866. The predicted octanol–water partition coefficient (Wildman–Crippen LogP) is 2.70. The van der Waals surface area contributed by atoms with Crippen molar-refractivity contribution in [3.05, 3.63) is 54.4 Å². The SMILES string of the molecule is COc1ccc(NC(=O)C2(Cc3cccnc3)CCCCC(=O)N2)cc1. The van der Waals surface area contributed by atoms with Crippen LogP contribution in [0.2, 0.25) is 0 Å². The lowest BCUT2D eigenvalue weighted by Gasteiger charge is -2.32. The summed E-state index contributed by atoms with van der Waals surface area (Å²) in [4.78, 5) is 29.5. The normalized spacial score (nSPS) is 20.0. The molecule has 2 heterocycles. The van der Waals surface area contributed by atoms with Crippen molar-refractivity contribution < 1.29 is 14.3 Å². The molecule has 0 spiro atoms. The van der Waals surface area contributed by atoms with E-state index in [9.17, 15) is 9.59 Å². The van der Waals surface area contributed by atoms with Crippen LogP contribution in [0.5, 0.6) is 5.75 Å². The lowest BCUT2D eigenvalue weighted by molar-refractivity contribution is -0.130. The van der Waals surface area contributed by atoms with E-state index in [1.54, 1.807) is 43.8 Å². The molecular formula is C20H23N3O3. The maximum absolute atomic E-state index is 13.2. The van der Waals surface area contributed by atoms with Gasteiger partial charge in [0.1, 0.15) is 11.3 Å². The highest BCUT2D eigenvalue weighted by Gasteiger charge is 2.41. The van der Waals surface area contributed by atoms with E-state index < -0.39 is 5.54 Å². The summed E-state index contributed by atoms with van der Waals surface area (Å²) >= 11 is 0. The Morgan fingerprint density at radius 2 is 2.08 bits per heavy atom. The molecule has 136 valence electrons. The minimum absolute atomic E-state index is 0.0868. The maximum Gasteiger partial charge on any atom is 0.250 e. The smallest absolute Gasteiger partial charge is 0.250 e. The average Bonchev–Trinajstić information content (AvgIpc) is 2.85. The number of hydrogen-bond donors (Lipinski definition) is 2. The molecule has 0 saturated carbocycles. The molecule has 6 nitrogen and oxygen atoms in total. The van der Waals surface area contributed by atoms with Crippen LogP contribution in [0.15, 0.2) is 48.8 Å². The van der Waals surface area contributed by atoms with Gasteiger partial charge in [0.15, 0.2) is 0 Å². The first kappa shape index (κ1) is 17.9. The van der Waals surface area contributed by atoms with Crippen molar-refractivity contribution in [1.29, 1.82) is 0 Å². The third kappa shape index (κ3) is 4.20. The summed E-state index contributed by atoms with van der Waals surface area (Å²) in [6.07, 6.45) is 6.49. The number of benzene rings is 1. The van der Waals surface area contributed by atoms with Gasteiger partial charge in [0, 0.05) is 30.9 Å². The molecule has 1 aliphatic rings. The van der Waals surface area contributed by atoms with Crippen molar-refractivity contribution in [3.63, 3.8) is 0 Å². The van der Waals surface area contributed by atoms with E-state index in [1.165, 1.54) is 0 Å². The lowest BCUT2D eigenvalue weighted by Crippen LogP contribution is -2.57. The molecule has 1 fully saturated rings. The van der Waals surface area contributed by atoms with Gasteiger partial charge in [0.05, 0.1) is 7.11 Å². The number of methoxy groups -OCH3 is 1. The summed E-state index contributed by atoms with van der Waals surface area (Å²) in [6.45, 7) is 0. The molecule has 2 amide bonds. The molecule has 1 aromatic carbocycles. The zero-order valence-electron chi connectivity index (χ0n) is 14.8. The van der Waals surface area contributed by atoms with Gasteiger partial charge in [-0.3, -0.25) is 14.6 Å². The first-order valence-corrected chi connectivity index (χ1v) is 8.77. The summed E-state index contributed by atoms with van der Waals surface area (Å²) in [7, 11) is 1.59. The van der Waals surface area contributed by atoms with Crippen LogP contribution >= 0.6 is 0 Å². The average molecular weight is 353 g/mol. The fraction of sp³-hybridized carbons (Fsp3) is 0.350. The topological polar surface area (TPSA) is 80.3 Å². The van der Waals surface area contributed by atoms with Gasteiger partial charge in [0.2, 0.25) is 11.8 Å². The van der Waals surface area contributed by atoms with Crippen LogP contribution in [-0.2, 0) is 16.0 Å². The van der Waals surface area contributed by atoms with E-state index in [1.807, 2.05) is 12.1 Å².